The topological polar surface area (TPSA) is 95.9 Å². The Morgan fingerprint density at radius 1 is 0.375 bits per heavy atom. The fraction of sp³-hybridized carbons (Fsp3) is 0.909. The average Bonchev–Trinajstić information content (AvgIpc) is 3.38. The number of amides is 1. The normalized spacial score (nSPS) is 12.7. The zero-order valence-corrected chi connectivity index (χ0v) is 48.7. The van der Waals surface area contributed by atoms with Crippen molar-refractivity contribution >= 4 is 11.9 Å². The highest BCUT2D eigenvalue weighted by Gasteiger charge is 2.18. The van der Waals surface area contributed by atoms with Crippen LogP contribution in [-0.2, 0) is 14.3 Å². The lowest BCUT2D eigenvalue weighted by molar-refractivity contribution is -0.143. The fourth-order valence-electron chi connectivity index (χ4n) is 10.2. The number of rotatable bonds is 61. The molecule has 0 bridgehead atoms. The van der Waals surface area contributed by atoms with E-state index in [-0.39, 0.29) is 18.5 Å². The van der Waals surface area contributed by atoms with Crippen molar-refractivity contribution in [3.05, 3.63) is 24.3 Å². The Balaban J connectivity index is 3.42. The Morgan fingerprint density at radius 2 is 0.653 bits per heavy atom. The molecule has 0 heterocycles. The van der Waals surface area contributed by atoms with E-state index in [2.05, 4.69) is 31.3 Å². The quantitative estimate of drug-likeness (QED) is 0.0320. The summed E-state index contributed by atoms with van der Waals surface area (Å²) in [5.74, 6) is -0.0629. The lowest BCUT2D eigenvalue weighted by atomic mass is 10.0. The molecule has 0 aliphatic carbocycles. The summed E-state index contributed by atoms with van der Waals surface area (Å²) in [5, 5.41) is 23.2. The Bertz CT molecular complexity index is 1120. The summed E-state index contributed by atoms with van der Waals surface area (Å²) >= 11 is 0. The van der Waals surface area contributed by atoms with Crippen LogP contribution in [0.1, 0.15) is 361 Å². The molecule has 2 unspecified atom stereocenters. The molecule has 0 saturated heterocycles. The highest BCUT2D eigenvalue weighted by molar-refractivity contribution is 5.76. The van der Waals surface area contributed by atoms with E-state index in [0.717, 1.165) is 44.9 Å². The number of allylic oxidation sites excluding steroid dienone is 3. The number of unbranched alkanes of at least 4 members (excludes halogenated alkanes) is 48. The average molecular weight is 1010 g/mol. The first-order valence-electron chi connectivity index (χ1n) is 32.6. The maximum absolute atomic E-state index is 12.5. The van der Waals surface area contributed by atoms with Crippen molar-refractivity contribution < 1.29 is 24.5 Å². The van der Waals surface area contributed by atoms with Crippen LogP contribution < -0.4 is 5.32 Å². The van der Waals surface area contributed by atoms with Gasteiger partial charge in [-0.15, -0.1) is 0 Å². The first-order chi connectivity index (χ1) is 35.5. The van der Waals surface area contributed by atoms with Gasteiger partial charge in [0, 0.05) is 12.8 Å². The minimum Gasteiger partial charge on any atom is -0.466 e. The molecule has 2 atom stereocenters. The molecule has 6 nitrogen and oxygen atoms in total. The molecule has 1 amide bonds. The molecule has 0 aliphatic rings. The number of nitrogens with one attached hydrogen (secondary N) is 1. The van der Waals surface area contributed by atoms with Crippen molar-refractivity contribution in [3.63, 3.8) is 0 Å². The van der Waals surface area contributed by atoms with Crippen molar-refractivity contribution in [3.8, 4) is 0 Å². The second kappa shape index (κ2) is 61.9. The Labute approximate surface area is 450 Å². The van der Waals surface area contributed by atoms with Crippen molar-refractivity contribution in [1.82, 2.24) is 5.32 Å². The van der Waals surface area contributed by atoms with E-state index in [4.69, 9.17) is 4.74 Å². The SMILES string of the molecule is CCCCCC/C=C\CCCCCCCC(=O)OCCCCCCCCCCCCCCCCCCCCCCCC(=O)NC(CO)C(O)/C=C/CCCCCCCCCCCCCCCCCCCCC. The van der Waals surface area contributed by atoms with Gasteiger partial charge in [0.2, 0.25) is 5.91 Å². The van der Waals surface area contributed by atoms with E-state index in [1.165, 1.54) is 289 Å². The molecule has 0 spiro atoms. The van der Waals surface area contributed by atoms with Crippen LogP contribution in [0.3, 0.4) is 0 Å². The van der Waals surface area contributed by atoms with Gasteiger partial charge in [0.15, 0.2) is 0 Å². The first-order valence-corrected chi connectivity index (χ1v) is 32.6. The third-order valence-electron chi connectivity index (χ3n) is 15.2. The molecule has 0 aliphatic heterocycles. The van der Waals surface area contributed by atoms with E-state index in [9.17, 15) is 19.8 Å². The van der Waals surface area contributed by atoms with Gasteiger partial charge in [0.25, 0.3) is 0 Å². The number of ether oxygens (including phenoxy) is 1. The van der Waals surface area contributed by atoms with Crippen LogP contribution in [0.25, 0.3) is 0 Å². The van der Waals surface area contributed by atoms with E-state index >= 15 is 0 Å². The van der Waals surface area contributed by atoms with E-state index in [0.29, 0.717) is 19.4 Å². The zero-order chi connectivity index (χ0) is 52.2. The second-order valence-electron chi connectivity index (χ2n) is 22.5. The number of carbonyl (C=O) groups is 2. The van der Waals surface area contributed by atoms with Crippen LogP contribution in [0.15, 0.2) is 24.3 Å². The van der Waals surface area contributed by atoms with Gasteiger partial charge in [-0.2, -0.15) is 0 Å². The Morgan fingerprint density at radius 3 is 1.00 bits per heavy atom. The lowest BCUT2D eigenvalue weighted by Gasteiger charge is -2.20. The molecule has 3 N–H and O–H groups in total. The van der Waals surface area contributed by atoms with Gasteiger partial charge in [-0.25, -0.2) is 0 Å². The molecule has 6 heteroatoms. The molecule has 0 aromatic rings. The molecule has 72 heavy (non-hydrogen) atoms. The maximum Gasteiger partial charge on any atom is 0.305 e. The summed E-state index contributed by atoms with van der Waals surface area (Å²) in [4.78, 5) is 24.5. The summed E-state index contributed by atoms with van der Waals surface area (Å²) in [6.07, 6.45) is 76.5. The third kappa shape index (κ3) is 57.6. The van der Waals surface area contributed by atoms with Gasteiger partial charge in [-0.1, -0.05) is 314 Å². The molecular weight excluding hydrogens is 887 g/mol. The molecule has 0 rings (SSSR count). The van der Waals surface area contributed by atoms with Crippen molar-refractivity contribution in [2.75, 3.05) is 13.2 Å². The van der Waals surface area contributed by atoms with Crippen LogP contribution in [0.4, 0.5) is 0 Å². The van der Waals surface area contributed by atoms with Crippen molar-refractivity contribution in [2.24, 2.45) is 0 Å². The van der Waals surface area contributed by atoms with Gasteiger partial charge in [0.1, 0.15) is 0 Å². The summed E-state index contributed by atoms with van der Waals surface area (Å²) in [6.45, 7) is 4.91. The van der Waals surface area contributed by atoms with Gasteiger partial charge in [0.05, 0.1) is 25.4 Å². The first kappa shape index (κ1) is 70.3. The fourth-order valence-corrected chi connectivity index (χ4v) is 10.2. The van der Waals surface area contributed by atoms with Crippen molar-refractivity contribution in [1.29, 1.82) is 0 Å². The van der Waals surface area contributed by atoms with Crippen LogP contribution in [0.2, 0.25) is 0 Å². The number of hydrogen-bond donors (Lipinski definition) is 3. The summed E-state index contributed by atoms with van der Waals surface area (Å²) < 4.78 is 5.47. The number of esters is 1. The maximum atomic E-state index is 12.5. The van der Waals surface area contributed by atoms with Crippen LogP contribution in [0, 0.1) is 0 Å². The minimum atomic E-state index is -0.846. The molecular formula is C66H127NO5. The van der Waals surface area contributed by atoms with E-state index in [1.807, 2.05) is 6.08 Å². The molecule has 0 fully saturated rings. The van der Waals surface area contributed by atoms with Crippen LogP contribution >= 0.6 is 0 Å². The smallest absolute Gasteiger partial charge is 0.305 e. The van der Waals surface area contributed by atoms with Gasteiger partial charge < -0.3 is 20.3 Å². The molecule has 0 aromatic heterocycles. The Kier molecular flexibility index (Phi) is 60.5. The monoisotopic (exact) mass is 1010 g/mol. The predicted molar refractivity (Wildman–Crippen MR) is 315 cm³/mol. The van der Waals surface area contributed by atoms with E-state index < -0.39 is 12.1 Å². The zero-order valence-electron chi connectivity index (χ0n) is 48.7. The molecule has 426 valence electrons. The number of hydrogen-bond acceptors (Lipinski definition) is 5. The second-order valence-corrected chi connectivity index (χ2v) is 22.5. The number of aliphatic hydroxyl groups is 2. The van der Waals surface area contributed by atoms with Gasteiger partial charge in [-0.05, 0) is 57.8 Å². The summed E-state index contributed by atoms with van der Waals surface area (Å²) in [5.41, 5.74) is 0. The van der Waals surface area contributed by atoms with Crippen LogP contribution in [0.5, 0.6) is 0 Å². The molecule has 0 saturated carbocycles. The summed E-state index contributed by atoms with van der Waals surface area (Å²) in [7, 11) is 0. The summed E-state index contributed by atoms with van der Waals surface area (Å²) in [6, 6.07) is -0.629. The van der Waals surface area contributed by atoms with Gasteiger partial charge >= 0.3 is 5.97 Å². The molecule has 0 aromatic carbocycles. The highest BCUT2D eigenvalue weighted by Crippen LogP contribution is 2.18. The lowest BCUT2D eigenvalue weighted by Crippen LogP contribution is -2.45. The highest BCUT2D eigenvalue weighted by atomic mass is 16.5. The van der Waals surface area contributed by atoms with Gasteiger partial charge in [-0.3, -0.25) is 9.59 Å². The van der Waals surface area contributed by atoms with E-state index in [1.54, 1.807) is 6.08 Å². The minimum absolute atomic E-state index is 0.00270. The van der Waals surface area contributed by atoms with Crippen LogP contribution in [-0.4, -0.2) is 47.4 Å². The van der Waals surface area contributed by atoms with Crippen molar-refractivity contribution in [2.45, 2.75) is 373 Å². The number of aliphatic hydroxyl groups excluding tert-OH is 2. The Hall–Kier alpha value is -1.66. The standard InChI is InChI=1S/C66H127NO5/c1-3-5-7-9-11-13-15-17-18-19-20-22-25-28-31-35-38-42-46-50-54-58-64(69)63(62-68)67-65(70)59-55-51-47-43-39-36-32-29-26-23-21-24-27-30-33-37-41-45-49-53-57-61-72-66(71)60-56-52-48-44-40-34-16-14-12-10-8-6-4-2/h14,16,54,58,63-64,68-69H,3-13,15,17-53,55-57,59-62H2,1-2H3,(H,67,70)/b16-14-,58-54+. The largest absolute Gasteiger partial charge is 0.466 e. The third-order valence-corrected chi connectivity index (χ3v) is 15.2. The number of carbonyl (C=O) groups excluding carboxylic acids is 2. The molecule has 0 radical (unpaired) electrons. The predicted octanol–water partition coefficient (Wildman–Crippen LogP) is 20.6.